The Labute approximate surface area is 148 Å². The highest BCUT2D eigenvalue weighted by Crippen LogP contribution is 2.32. The molecule has 0 saturated heterocycles. The van der Waals surface area contributed by atoms with Crippen LogP contribution in [0.15, 0.2) is 88.3 Å². The molecule has 0 unspecified atom stereocenters. The highest BCUT2D eigenvalue weighted by atomic mass is 16.4. The Morgan fingerprint density at radius 2 is 1.62 bits per heavy atom. The number of fused-ring (bicyclic) bond motifs is 3. The molecule has 0 amide bonds. The summed E-state index contributed by atoms with van der Waals surface area (Å²) in [6, 6.07) is 21.0. The first kappa shape index (κ1) is 14.6. The zero-order valence-electron chi connectivity index (χ0n) is 13.7. The number of pyridine rings is 1. The number of aromatic nitrogens is 3. The van der Waals surface area contributed by atoms with E-state index in [2.05, 4.69) is 4.98 Å². The topological polar surface area (TPSA) is 60.9 Å². The largest absolute Gasteiger partial charge is 0.418 e. The summed E-state index contributed by atoms with van der Waals surface area (Å²) < 4.78 is 7.52. The van der Waals surface area contributed by atoms with Crippen molar-refractivity contribution < 1.29 is 4.42 Å². The van der Waals surface area contributed by atoms with Crippen LogP contribution in [0, 0.1) is 0 Å². The van der Waals surface area contributed by atoms with Crippen LogP contribution >= 0.6 is 0 Å². The van der Waals surface area contributed by atoms with Crippen molar-refractivity contribution in [1.29, 1.82) is 0 Å². The SMILES string of the molecule is O=c1oc2c(-c3cccnc3)nn(-c3ccccc3)c2c2ccccc12. The lowest BCUT2D eigenvalue weighted by molar-refractivity contribution is 0.570. The molecule has 0 bridgehead atoms. The second kappa shape index (κ2) is 5.67. The molecule has 0 fully saturated rings. The third-order valence-corrected chi connectivity index (χ3v) is 4.37. The maximum Gasteiger partial charge on any atom is 0.344 e. The van der Waals surface area contributed by atoms with E-state index in [9.17, 15) is 4.79 Å². The summed E-state index contributed by atoms with van der Waals surface area (Å²) in [5.41, 5.74) is 3.15. The van der Waals surface area contributed by atoms with Crippen LogP contribution in [-0.4, -0.2) is 14.8 Å². The van der Waals surface area contributed by atoms with Crippen LogP contribution in [0.3, 0.4) is 0 Å². The molecular weight excluding hydrogens is 326 g/mol. The van der Waals surface area contributed by atoms with Crippen molar-refractivity contribution in [3.8, 4) is 16.9 Å². The van der Waals surface area contributed by atoms with Gasteiger partial charge in [0.2, 0.25) is 0 Å². The molecule has 0 aliphatic carbocycles. The van der Waals surface area contributed by atoms with Crippen molar-refractivity contribution in [3.63, 3.8) is 0 Å². The first-order valence-electron chi connectivity index (χ1n) is 8.23. The van der Waals surface area contributed by atoms with Gasteiger partial charge in [-0.3, -0.25) is 4.98 Å². The summed E-state index contributed by atoms with van der Waals surface area (Å²) in [5, 5.41) is 6.11. The smallest absolute Gasteiger partial charge is 0.344 e. The minimum atomic E-state index is -0.370. The second-order valence-electron chi connectivity index (χ2n) is 5.95. The van der Waals surface area contributed by atoms with Gasteiger partial charge in [-0.1, -0.05) is 36.4 Å². The molecule has 0 saturated carbocycles. The van der Waals surface area contributed by atoms with Crippen LogP contribution in [0.2, 0.25) is 0 Å². The molecule has 0 aliphatic heterocycles. The first-order chi connectivity index (χ1) is 12.8. The number of hydrogen-bond donors (Lipinski definition) is 0. The van der Waals surface area contributed by atoms with Gasteiger partial charge in [-0.05, 0) is 30.3 Å². The number of rotatable bonds is 2. The van der Waals surface area contributed by atoms with Crippen LogP contribution < -0.4 is 5.63 Å². The van der Waals surface area contributed by atoms with Crippen LogP contribution in [0.5, 0.6) is 0 Å². The second-order valence-corrected chi connectivity index (χ2v) is 5.95. The number of para-hydroxylation sites is 1. The van der Waals surface area contributed by atoms with E-state index in [1.54, 1.807) is 18.5 Å². The van der Waals surface area contributed by atoms with Crippen LogP contribution in [0.25, 0.3) is 38.8 Å². The Bertz CT molecular complexity index is 1290. The summed E-state index contributed by atoms with van der Waals surface area (Å²) in [5.74, 6) is 0. The zero-order chi connectivity index (χ0) is 17.5. The van der Waals surface area contributed by atoms with Crippen molar-refractivity contribution in [2.24, 2.45) is 0 Å². The molecule has 3 aromatic heterocycles. The van der Waals surface area contributed by atoms with Gasteiger partial charge in [0.05, 0.1) is 11.1 Å². The van der Waals surface area contributed by atoms with Gasteiger partial charge in [0.15, 0.2) is 5.58 Å². The standard InChI is InChI=1S/C21H13N3O2/c25-21-17-11-5-4-10-16(17)19-20(26-21)18(14-7-6-12-22-13-14)23-24(19)15-8-2-1-3-9-15/h1-13H. The van der Waals surface area contributed by atoms with Gasteiger partial charge in [0.1, 0.15) is 11.2 Å². The van der Waals surface area contributed by atoms with Crippen LogP contribution in [-0.2, 0) is 0 Å². The molecule has 5 rings (SSSR count). The van der Waals surface area contributed by atoms with Gasteiger partial charge in [-0.15, -0.1) is 0 Å². The van der Waals surface area contributed by atoms with Crippen molar-refractivity contribution in [3.05, 3.63) is 89.5 Å². The molecule has 5 heteroatoms. The highest BCUT2D eigenvalue weighted by molar-refractivity contribution is 6.06. The lowest BCUT2D eigenvalue weighted by atomic mass is 10.1. The fourth-order valence-electron chi connectivity index (χ4n) is 3.20. The minimum absolute atomic E-state index is 0.370. The van der Waals surface area contributed by atoms with E-state index in [-0.39, 0.29) is 5.63 Å². The van der Waals surface area contributed by atoms with Crippen molar-refractivity contribution in [2.75, 3.05) is 0 Å². The molecule has 3 heterocycles. The summed E-state index contributed by atoms with van der Waals surface area (Å²) in [6.07, 6.45) is 3.41. The van der Waals surface area contributed by atoms with Gasteiger partial charge in [0.25, 0.3) is 0 Å². The summed E-state index contributed by atoms with van der Waals surface area (Å²) in [4.78, 5) is 16.7. The maximum absolute atomic E-state index is 12.5. The number of benzene rings is 2. The maximum atomic E-state index is 12.5. The summed E-state index contributed by atoms with van der Waals surface area (Å²) in [6.45, 7) is 0. The molecule has 0 spiro atoms. The number of hydrogen-bond acceptors (Lipinski definition) is 4. The molecule has 124 valence electrons. The molecule has 5 nitrogen and oxygen atoms in total. The van der Waals surface area contributed by atoms with E-state index < -0.39 is 0 Å². The summed E-state index contributed by atoms with van der Waals surface area (Å²) in [7, 11) is 0. The van der Waals surface area contributed by atoms with Gasteiger partial charge < -0.3 is 4.42 Å². The lowest BCUT2D eigenvalue weighted by Crippen LogP contribution is -2.01. The molecule has 0 atom stereocenters. The van der Waals surface area contributed by atoms with Crippen molar-refractivity contribution in [2.45, 2.75) is 0 Å². The molecule has 0 N–H and O–H groups in total. The molecular formula is C21H13N3O2. The quantitative estimate of drug-likeness (QED) is 0.484. The van der Waals surface area contributed by atoms with E-state index in [0.717, 1.165) is 22.2 Å². The average molecular weight is 339 g/mol. The lowest BCUT2D eigenvalue weighted by Gasteiger charge is -2.04. The normalized spacial score (nSPS) is 11.2. The van der Waals surface area contributed by atoms with Crippen LogP contribution in [0.1, 0.15) is 0 Å². The van der Waals surface area contributed by atoms with Gasteiger partial charge >= 0.3 is 5.63 Å². The first-order valence-corrected chi connectivity index (χ1v) is 8.23. The fourth-order valence-corrected chi connectivity index (χ4v) is 3.20. The Hall–Kier alpha value is -3.73. The van der Waals surface area contributed by atoms with Gasteiger partial charge in [-0.2, -0.15) is 5.10 Å². The van der Waals surface area contributed by atoms with Crippen molar-refractivity contribution >= 4 is 21.9 Å². The monoisotopic (exact) mass is 339 g/mol. The van der Waals surface area contributed by atoms with Crippen molar-refractivity contribution in [1.82, 2.24) is 14.8 Å². The third kappa shape index (κ3) is 2.14. The van der Waals surface area contributed by atoms with E-state index >= 15 is 0 Å². The van der Waals surface area contributed by atoms with E-state index in [0.29, 0.717) is 16.7 Å². The Balaban J connectivity index is 1.98. The minimum Gasteiger partial charge on any atom is -0.418 e. The fraction of sp³-hybridized carbons (Fsp3) is 0. The molecule has 26 heavy (non-hydrogen) atoms. The number of nitrogens with zero attached hydrogens (tertiary/aromatic N) is 3. The Kier molecular flexibility index (Phi) is 3.18. The molecule has 0 radical (unpaired) electrons. The van der Waals surface area contributed by atoms with Crippen LogP contribution in [0.4, 0.5) is 0 Å². The molecule has 2 aromatic carbocycles. The van der Waals surface area contributed by atoms with E-state index in [1.807, 2.05) is 65.3 Å². The Morgan fingerprint density at radius 1 is 0.846 bits per heavy atom. The van der Waals surface area contributed by atoms with Gasteiger partial charge in [0, 0.05) is 23.3 Å². The predicted octanol–water partition coefficient (Wildman–Crippen LogP) is 4.19. The highest BCUT2D eigenvalue weighted by Gasteiger charge is 2.20. The molecule has 5 aromatic rings. The van der Waals surface area contributed by atoms with E-state index in [4.69, 9.17) is 9.52 Å². The third-order valence-electron chi connectivity index (χ3n) is 4.37. The Morgan fingerprint density at radius 3 is 2.38 bits per heavy atom. The van der Waals surface area contributed by atoms with E-state index in [1.165, 1.54) is 0 Å². The molecule has 0 aliphatic rings. The zero-order valence-corrected chi connectivity index (χ0v) is 13.7. The predicted molar refractivity (Wildman–Crippen MR) is 100 cm³/mol. The average Bonchev–Trinajstić information content (AvgIpc) is 3.09. The summed E-state index contributed by atoms with van der Waals surface area (Å²) >= 11 is 0. The van der Waals surface area contributed by atoms with Gasteiger partial charge in [-0.25, -0.2) is 9.48 Å².